The molecule has 0 saturated carbocycles. The van der Waals surface area contributed by atoms with Crippen LogP contribution >= 0.6 is 0 Å². The van der Waals surface area contributed by atoms with Crippen LogP contribution in [0.2, 0.25) is 0 Å². The molecular weight excluding hydrogens is 220 g/mol. The number of hydrogen-bond acceptors (Lipinski definition) is 4. The molecule has 5 heteroatoms. The molecule has 0 aliphatic carbocycles. The largest absolute Gasteiger partial charge is 0.478 e. The number of aliphatic hydroxyl groups is 1. The van der Waals surface area contributed by atoms with Gasteiger partial charge in [0.2, 0.25) is 0 Å². The third-order valence-corrected chi connectivity index (χ3v) is 2.68. The summed E-state index contributed by atoms with van der Waals surface area (Å²) in [4.78, 5) is 15.2. The van der Waals surface area contributed by atoms with Gasteiger partial charge in [0.25, 0.3) is 0 Å². The SMILES string of the molecule is CCC(CCO)Nc1nccc(C)c1C(=O)O. The molecule has 3 N–H and O–H groups in total. The van der Waals surface area contributed by atoms with Gasteiger partial charge < -0.3 is 15.5 Å². The quantitative estimate of drug-likeness (QED) is 0.702. The van der Waals surface area contributed by atoms with Gasteiger partial charge in [0, 0.05) is 18.8 Å². The maximum atomic E-state index is 11.1. The van der Waals surface area contributed by atoms with Crippen molar-refractivity contribution in [3.05, 3.63) is 23.4 Å². The molecule has 1 atom stereocenters. The number of hydrogen-bond donors (Lipinski definition) is 3. The minimum atomic E-state index is -0.989. The van der Waals surface area contributed by atoms with E-state index < -0.39 is 5.97 Å². The Morgan fingerprint density at radius 3 is 2.82 bits per heavy atom. The lowest BCUT2D eigenvalue weighted by molar-refractivity contribution is 0.0696. The van der Waals surface area contributed by atoms with Crippen LogP contribution < -0.4 is 5.32 Å². The van der Waals surface area contributed by atoms with Crippen LogP contribution in [0.4, 0.5) is 5.82 Å². The summed E-state index contributed by atoms with van der Waals surface area (Å²) >= 11 is 0. The number of carboxylic acids is 1. The molecule has 0 radical (unpaired) electrons. The van der Waals surface area contributed by atoms with Crippen molar-refractivity contribution < 1.29 is 15.0 Å². The second-order valence-electron chi connectivity index (χ2n) is 3.92. The first-order chi connectivity index (χ1) is 8.10. The smallest absolute Gasteiger partial charge is 0.339 e. The van der Waals surface area contributed by atoms with E-state index in [9.17, 15) is 4.79 Å². The fourth-order valence-corrected chi connectivity index (χ4v) is 1.67. The zero-order valence-corrected chi connectivity index (χ0v) is 10.1. The summed E-state index contributed by atoms with van der Waals surface area (Å²) in [6.07, 6.45) is 2.95. The van der Waals surface area contributed by atoms with Crippen molar-refractivity contribution in [2.45, 2.75) is 32.7 Å². The lowest BCUT2D eigenvalue weighted by Gasteiger charge is -2.18. The number of nitrogens with one attached hydrogen (secondary N) is 1. The molecule has 0 aliphatic rings. The average Bonchev–Trinajstić information content (AvgIpc) is 2.28. The van der Waals surface area contributed by atoms with Crippen LogP contribution in [0.1, 0.15) is 35.7 Å². The van der Waals surface area contributed by atoms with E-state index in [0.717, 1.165) is 6.42 Å². The summed E-state index contributed by atoms with van der Waals surface area (Å²) in [7, 11) is 0. The third kappa shape index (κ3) is 3.42. The Balaban J connectivity index is 2.97. The highest BCUT2D eigenvalue weighted by molar-refractivity contribution is 5.94. The first kappa shape index (κ1) is 13.4. The highest BCUT2D eigenvalue weighted by Gasteiger charge is 2.16. The van der Waals surface area contributed by atoms with Gasteiger partial charge in [0.05, 0.1) is 0 Å². The molecule has 0 amide bonds. The van der Waals surface area contributed by atoms with Crippen LogP contribution in [0.3, 0.4) is 0 Å². The highest BCUT2D eigenvalue weighted by Crippen LogP contribution is 2.18. The molecule has 1 rings (SSSR count). The summed E-state index contributed by atoms with van der Waals surface area (Å²) in [5, 5.41) is 21.1. The maximum Gasteiger partial charge on any atom is 0.339 e. The molecule has 0 spiro atoms. The molecule has 17 heavy (non-hydrogen) atoms. The van der Waals surface area contributed by atoms with Crippen LogP contribution in [0.5, 0.6) is 0 Å². The number of pyridine rings is 1. The number of aromatic nitrogens is 1. The Kier molecular flexibility index (Phi) is 4.90. The van der Waals surface area contributed by atoms with E-state index in [1.807, 2.05) is 6.92 Å². The fourth-order valence-electron chi connectivity index (χ4n) is 1.67. The molecule has 1 unspecified atom stereocenters. The number of carbonyl (C=O) groups is 1. The fraction of sp³-hybridized carbons (Fsp3) is 0.500. The second kappa shape index (κ2) is 6.20. The Hall–Kier alpha value is -1.62. The van der Waals surface area contributed by atoms with Crippen molar-refractivity contribution in [3.8, 4) is 0 Å². The van der Waals surface area contributed by atoms with Crippen molar-refractivity contribution in [1.29, 1.82) is 0 Å². The van der Waals surface area contributed by atoms with Crippen LogP contribution in [-0.2, 0) is 0 Å². The number of rotatable bonds is 6. The van der Waals surface area contributed by atoms with E-state index in [1.165, 1.54) is 0 Å². The normalized spacial score (nSPS) is 12.2. The molecule has 0 saturated heterocycles. The van der Waals surface area contributed by atoms with Gasteiger partial charge in [-0.05, 0) is 31.4 Å². The van der Waals surface area contributed by atoms with Gasteiger partial charge in [-0.25, -0.2) is 9.78 Å². The van der Waals surface area contributed by atoms with Gasteiger partial charge in [0.15, 0.2) is 0 Å². The molecule has 0 aliphatic heterocycles. The van der Waals surface area contributed by atoms with Crippen LogP contribution in [0.25, 0.3) is 0 Å². The van der Waals surface area contributed by atoms with Gasteiger partial charge in [0.1, 0.15) is 11.4 Å². The number of aryl methyl sites for hydroxylation is 1. The molecule has 1 aromatic heterocycles. The van der Waals surface area contributed by atoms with E-state index in [0.29, 0.717) is 17.8 Å². The number of aromatic carboxylic acids is 1. The van der Waals surface area contributed by atoms with Crippen molar-refractivity contribution in [2.75, 3.05) is 11.9 Å². The van der Waals surface area contributed by atoms with E-state index >= 15 is 0 Å². The predicted octanol–water partition coefficient (Wildman–Crippen LogP) is 1.66. The summed E-state index contributed by atoms with van der Waals surface area (Å²) in [6, 6.07) is 1.70. The Morgan fingerprint density at radius 1 is 1.59 bits per heavy atom. The first-order valence-corrected chi connectivity index (χ1v) is 5.66. The van der Waals surface area contributed by atoms with Gasteiger partial charge in [-0.2, -0.15) is 0 Å². The summed E-state index contributed by atoms with van der Waals surface area (Å²) in [5.74, 6) is -0.616. The number of carboxylic acid groups (broad SMARTS) is 1. The van der Waals surface area contributed by atoms with Gasteiger partial charge >= 0.3 is 5.97 Å². The molecule has 1 heterocycles. The number of anilines is 1. The zero-order valence-electron chi connectivity index (χ0n) is 10.1. The molecule has 0 bridgehead atoms. The van der Waals surface area contributed by atoms with E-state index in [4.69, 9.17) is 10.2 Å². The van der Waals surface area contributed by atoms with E-state index in [2.05, 4.69) is 10.3 Å². The molecule has 5 nitrogen and oxygen atoms in total. The Morgan fingerprint density at radius 2 is 2.29 bits per heavy atom. The molecule has 94 valence electrons. The standard InChI is InChI=1S/C12H18N2O3/c1-3-9(5-7-15)14-11-10(12(16)17)8(2)4-6-13-11/h4,6,9,15H,3,5,7H2,1-2H3,(H,13,14)(H,16,17). The van der Waals surface area contributed by atoms with Crippen LogP contribution in [0.15, 0.2) is 12.3 Å². The van der Waals surface area contributed by atoms with Gasteiger partial charge in [-0.15, -0.1) is 0 Å². The average molecular weight is 238 g/mol. The number of aliphatic hydroxyl groups excluding tert-OH is 1. The molecule has 1 aromatic rings. The minimum Gasteiger partial charge on any atom is -0.478 e. The third-order valence-electron chi connectivity index (χ3n) is 2.68. The van der Waals surface area contributed by atoms with Gasteiger partial charge in [-0.3, -0.25) is 0 Å². The van der Waals surface area contributed by atoms with E-state index in [-0.39, 0.29) is 18.2 Å². The molecular formula is C12H18N2O3. The summed E-state index contributed by atoms with van der Waals surface area (Å²) in [6.45, 7) is 3.78. The zero-order chi connectivity index (χ0) is 12.8. The Bertz CT molecular complexity index is 393. The highest BCUT2D eigenvalue weighted by atomic mass is 16.4. The Labute approximate surface area is 101 Å². The molecule has 0 fully saturated rings. The van der Waals surface area contributed by atoms with Gasteiger partial charge in [-0.1, -0.05) is 6.92 Å². The summed E-state index contributed by atoms with van der Waals surface area (Å²) in [5.41, 5.74) is 0.873. The van der Waals surface area contributed by atoms with Crippen molar-refractivity contribution in [3.63, 3.8) is 0 Å². The van der Waals surface area contributed by atoms with Crippen molar-refractivity contribution >= 4 is 11.8 Å². The first-order valence-electron chi connectivity index (χ1n) is 5.66. The van der Waals surface area contributed by atoms with Crippen LogP contribution in [-0.4, -0.2) is 33.8 Å². The van der Waals surface area contributed by atoms with Crippen molar-refractivity contribution in [1.82, 2.24) is 4.98 Å². The lowest BCUT2D eigenvalue weighted by atomic mass is 10.1. The van der Waals surface area contributed by atoms with Crippen LogP contribution in [0, 0.1) is 6.92 Å². The molecule has 0 aromatic carbocycles. The van der Waals surface area contributed by atoms with E-state index in [1.54, 1.807) is 19.2 Å². The minimum absolute atomic E-state index is 0.0346. The maximum absolute atomic E-state index is 11.1. The second-order valence-corrected chi connectivity index (χ2v) is 3.92. The topological polar surface area (TPSA) is 82.5 Å². The lowest BCUT2D eigenvalue weighted by Crippen LogP contribution is -2.22. The predicted molar refractivity (Wildman–Crippen MR) is 65.3 cm³/mol. The monoisotopic (exact) mass is 238 g/mol. The summed E-state index contributed by atoms with van der Waals surface area (Å²) < 4.78 is 0. The number of nitrogens with zero attached hydrogens (tertiary/aromatic N) is 1. The van der Waals surface area contributed by atoms with Crippen molar-refractivity contribution in [2.24, 2.45) is 0 Å².